The molecular formula is C26H26N4O3S. The van der Waals surface area contributed by atoms with Crippen molar-refractivity contribution in [2.75, 3.05) is 19.5 Å². The van der Waals surface area contributed by atoms with Crippen LogP contribution in [0.25, 0.3) is 11.1 Å². The molecule has 3 N–H and O–H groups in total. The number of nitrogens with zero attached hydrogens (tertiary/aromatic N) is 1. The van der Waals surface area contributed by atoms with Crippen molar-refractivity contribution in [1.82, 2.24) is 15.5 Å². The summed E-state index contributed by atoms with van der Waals surface area (Å²) in [6.45, 7) is 0.393. The van der Waals surface area contributed by atoms with Crippen LogP contribution in [0.1, 0.15) is 11.1 Å². The van der Waals surface area contributed by atoms with E-state index < -0.39 is 0 Å². The number of methoxy groups -OCH3 is 2. The van der Waals surface area contributed by atoms with Gasteiger partial charge >= 0.3 is 6.03 Å². The lowest BCUT2D eigenvalue weighted by Gasteiger charge is -2.14. The molecule has 34 heavy (non-hydrogen) atoms. The second kappa shape index (κ2) is 11.3. The van der Waals surface area contributed by atoms with Gasteiger partial charge in [-0.1, -0.05) is 30.3 Å². The van der Waals surface area contributed by atoms with Crippen molar-refractivity contribution >= 4 is 23.5 Å². The number of thioether (sulfide) groups is 1. The number of benzene rings is 3. The zero-order valence-corrected chi connectivity index (χ0v) is 19.8. The van der Waals surface area contributed by atoms with Crippen molar-refractivity contribution < 1.29 is 14.3 Å². The van der Waals surface area contributed by atoms with E-state index in [2.05, 4.69) is 26.9 Å². The van der Waals surface area contributed by atoms with Crippen LogP contribution in [0.3, 0.4) is 0 Å². The fourth-order valence-corrected chi connectivity index (χ4v) is 4.35. The molecule has 0 atom stereocenters. The van der Waals surface area contributed by atoms with E-state index >= 15 is 0 Å². The zero-order chi connectivity index (χ0) is 23.8. The Morgan fingerprint density at radius 2 is 1.76 bits per heavy atom. The van der Waals surface area contributed by atoms with Crippen molar-refractivity contribution in [1.29, 1.82) is 0 Å². The second-order valence-corrected chi connectivity index (χ2v) is 8.51. The minimum atomic E-state index is -0.273. The Balaban J connectivity index is 1.47. The topological polar surface area (TPSA) is 88.3 Å². The molecule has 0 spiro atoms. The molecule has 0 aliphatic carbocycles. The summed E-state index contributed by atoms with van der Waals surface area (Å²) in [6, 6.07) is 21.3. The predicted octanol–water partition coefficient (Wildman–Crippen LogP) is 5.71. The summed E-state index contributed by atoms with van der Waals surface area (Å²) in [7, 11) is 3.28. The van der Waals surface area contributed by atoms with Gasteiger partial charge in [-0.2, -0.15) is 5.10 Å². The first-order valence-corrected chi connectivity index (χ1v) is 11.7. The Morgan fingerprint density at radius 3 is 2.50 bits per heavy atom. The molecule has 0 aliphatic rings. The molecule has 8 heteroatoms. The van der Waals surface area contributed by atoms with Crippen molar-refractivity contribution in [3.8, 4) is 22.6 Å². The fraction of sp³-hybridized carbons (Fsp3) is 0.154. The van der Waals surface area contributed by atoms with E-state index in [9.17, 15) is 4.79 Å². The lowest BCUT2D eigenvalue weighted by molar-refractivity contribution is 0.251. The number of aromatic nitrogens is 2. The largest absolute Gasteiger partial charge is 0.497 e. The number of carbonyl (C=O) groups excluding carboxylic acids is 1. The van der Waals surface area contributed by atoms with Gasteiger partial charge in [-0.05, 0) is 53.1 Å². The molecule has 0 aliphatic heterocycles. The first-order valence-electron chi connectivity index (χ1n) is 10.7. The van der Waals surface area contributed by atoms with E-state index in [4.69, 9.17) is 9.47 Å². The van der Waals surface area contributed by atoms with Crippen LogP contribution in [0.4, 0.5) is 10.5 Å². The van der Waals surface area contributed by atoms with Crippen LogP contribution in [0.2, 0.25) is 0 Å². The minimum Gasteiger partial charge on any atom is -0.497 e. The Kier molecular flexibility index (Phi) is 7.72. The fourth-order valence-electron chi connectivity index (χ4n) is 3.35. The molecule has 0 saturated carbocycles. The molecule has 0 saturated heterocycles. The SMILES string of the molecule is COc1ccc(CSc2cc(-c3cn[nH]c3)ccc2NC(=O)NCc2cccc(OC)c2)cc1. The highest BCUT2D eigenvalue weighted by Crippen LogP contribution is 2.34. The molecule has 4 rings (SSSR count). The predicted molar refractivity (Wildman–Crippen MR) is 135 cm³/mol. The van der Waals surface area contributed by atoms with E-state index in [0.29, 0.717) is 6.54 Å². The van der Waals surface area contributed by atoms with Crippen LogP contribution in [-0.4, -0.2) is 30.4 Å². The average Bonchev–Trinajstić information content (AvgIpc) is 3.42. The highest BCUT2D eigenvalue weighted by Gasteiger charge is 2.11. The number of hydrogen-bond donors (Lipinski definition) is 3. The molecule has 3 aromatic carbocycles. The van der Waals surface area contributed by atoms with Crippen molar-refractivity contribution in [2.24, 2.45) is 0 Å². The smallest absolute Gasteiger partial charge is 0.319 e. The van der Waals surface area contributed by atoms with Gasteiger partial charge in [-0.15, -0.1) is 11.8 Å². The molecule has 0 fully saturated rings. The van der Waals surface area contributed by atoms with Crippen molar-refractivity contribution in [3.63, 3.8) is 0 Å². The molecule has 0 unspecified atom stereocenters. The number of rotatable bonds is 9. The quantitative estimate of drug-likeness (QED) is 0.271. The number of amides is 2. The average molecular weight is 475 g/mol. The summed E-state index contributed by atoms with van der Waals surface area (Å²) in [5, 5.41) is 12.8. The highest BCUT2D eigenvalue weighted by molar-refractivity contribution is 7.98. The van der Waals surface area contributed by atoms with Gasteiger partial charge in [0.05, 0.1) is 26.1 Å². The molecule has 0 radical (unpaired) electrons. The number of aromatic amines is 1. The Hall–Kier alpha value is -3.91. The lowest BCUT2D eigenvalue weighted by atomic mass is 10.1. The summed E-state index contributed by atoms with van der Waals surface area (Å²) < 4.78 is 10.5. The molecule has 1 heterocycles. The zero-order valence-electron chi connectivity index (χ0n) is 19.0. The Bertz CT molecular complexity index is 1230. The van der Waals surface area contributed by atoms with Gasteiger partial charge < -0.3 is 20.1 Å². The minimum absolute atomic E-state index is 0.273. The van der Waals surface area contributed by atoms with Crippen LogP contribution in [0, 0.1) is 0 Å². The summed E-state index contributed by atoms with van der Waals surface area (Å²) in [6.07, 6.45) is 3.63. The van der Waals surface area contributed by atoms with Gasteiger partial charge in [0.1, 0.15) is 11.5 Å². The number of ether oxygens (including phenoxy) is 2. The third kappa shape index (κ3) is 6.11. The van der Waals surface area contributed by atoms with Crippen LogP contribution in [-0.2, 0) is 12.3 Å². The third-order valence-corrected chi connectivity index (χ3v) is 6.33. The lowest BCUT2D eigenvalue weighted by Crippen LogP contribution is -2.28. The van der Waals surface area contributed by atoms with E-state index in [1.54, 1.807) is 32.2 Å². The van der Waals surface area contributed by atoms with Crippen molar-refractivity contribution in [2.45, 2.75) is 17.2 Å². The Morgan fingerprint density at radius 1 is 0.941 bits per heavy atom. The maximum atomic E-state index is 12.7. The number of urea groups is 1. The van der Waals surface area contributed by atoms with Crippen LogP contribution in [0.5, 0.6) is 11.5 Å². The molecule has 7 nitrogen and oxygen atoms in total. The summed E-state index contributed by atoms with van der Waals surface area (Å²) in [4.78, 5) is 13.6. The van der Waals surface area contributed by atoms with Gasteiger partial charge in [-0.25, -0.2) is 4.79 Å². The molecule has 4 aromatic rings. The number of anilines is 1. The van der Waals surface area contributed by atoms with Gasteiger partial charge in [0.25, 0.3) is 0 Å². The van der Waals surface area contributed by atoms with Crippen LogP contribution < -0.4 is 20.1 Å². The number of hydrogen-bond acceptors (Lipinski definition) is 5. The maximum absolute atomic E-state index is 12.7. The molecule has 2 amide bonds. The third-order valence-electron chi connectivity index (χ3n) is 5.20. The van der Waals surface area contributed by atoms with Gasteiger partial charge in [0.2, 0.25) is 0 Å². The van der Waals surface area contributed by atoms with Gasteiger partial charge in [0, 0.05) is 29.0 Å². The molecule has 0 bridgehead atoms. The van der Waals surface area contributed by atoms with E-state index in [1.807, 2.05) is 66.9 Å². The molecule has 174 valence electrons. The normalized spacial score (nSPS) is 10.5. The second-order valence-electron chi connectivity index (χ2n) is 7.49. The highest BCUT2D eigenvalue weighted by atomic mass is 32.2. The number of H-pyrrole nitrogens is 1. The van der Waals surface area contributed by atoms with Crippen LogP contribution >= 0.6 is 11.8 Å². The first-order chi connectivity index (χ1) is 16.6. The van der Waals surface area contributed by atoms with E-state index in [0.717, 1.165) is 50.1 Å². The molecule has 1 aromatic heterocycles. The Labute approximate surface area is 202 Å². The maximum Gasteiger partial charge on any atom is 0.319 e. The van der Waals surface area contributed by atoms with Gasteiger partial charge in [0.15, 0.2) is 0 Å². The first kappa shape index (κ1) is 23.3. The van der Waals surface area contributed by atoms with Crippen molar-refractivity contribution in [3.05, 3.63) is 90.3 Å². The standard InChI is InChI=1S/C26H26N4O3S/c1-32-22-9-6-18(7-10-22)17-34-25-13-20(21-15-28-29-16-21)8-11-24(25)30-26(31)27-14-19-4-3-5-23(12-19)33-2/h3-13,15-16H,14,17H2,1-2H3,(H,28,29)(H2,27,30,31). The van der Waals surface area contributed by atoms with Crippen LogP contribution in [0.15, 0.2) is 84.0 Å². The van der Waals surface area contributed by atoms with E-state index in [1.165, 1.54) is 0 Å². The summed E-state index contributed by atoms with van der Waals surface area (Å²) in [5.41, 5.74) is 4.87. The summed E-state index contributed by atoms with van der Waals surface area (Å²) >= 11 is 1.66. The monoisotopic (exact) mass is 474 g/mol. The number of nitrogens with one attached hydrogen (secondary N) is 3. The van der Waals surface area contributed by atoms with E-state index in [-0.39, 0.29) is 6.03 Å². The molecular weight excluding hydrogens is 448 g/mol. The number of carbonyl (C=O) groups is 1. The van der Waals surface area contributed by atoms with Gasteiger partial charge in [-0.3, -0.25) is 5.10 Å². The summed E-state index contributed by atoms with van der Waals surface area (Å²) in [5.74, 6) is 2.33.